The Balaban J connectivity index is 1.65. The first-order valence-corrected chi connectivity index (χ1v) is 8.16. The summed E-state index contributed by atoms with van der Waals surface area (Å²) in [4.78, 5) is 8.02. The van der Waals surface area contributed by atoms with Gasteiger partial charge in [0.15, 0.2) is 0 Å². The van der Waals surface area contributed by atoms with E-state index in [1.807, 2.05) is 24.2 Å². The molecule has 3 heteroatoms. The van der Waals surface area contributed by atoms with Gasteiger partial charge in [0.05, 0.1) is 11.9 Å². The minimum Gasteiger partial charge on any atom is -0.370 e. The summed E-state index contributed by atoms with van der Waals surface area (Å²) in [5.74, 6) is 0.999. The molecule has 2 nitrogen and oxygen atoms in total. The molecule has 0 atom stereocenters. The molecule has 1 saturated carbocycles. The smallest absolute Gasteiger partial charge is 0.0563 e. The molecule has 3 rings (SSSR count). The predicted octanol–water partition coefficient (Wildman–Crippen LogP) is 4.36. The molecule has 0 spiro atoms. The summed E-state index contributed by atoms with van der Waals surface area (Å²) < 4.78 is 0. The van der Waals surface area contributed by atoms with Crippen LogP contribution in [0.15, 0.2) is 53.7 Å². The number of anilines is 1. The van der Waals surface area contributed by atoms with Crippen LogP contribution in [0.4, 0.5) is 5.69 Å². The SMILES string of the molecule is CN(c1cncc(SCc2ccccc2)c1)C1CCC1. The van der Waals surface area contributed by atoms with Gasteiger partial charge in [-0.1, -0.05) is 30.3 Å². The van der Waals surface area contributed by atoms with Gasteiger partial charge in [-0.3, -0.25) is 4.98 Å². The highest BCUT2D eigenvalue weighted by Gasteiger charge is 2.22. The molecule has 1 aliphatic carbocycles. The molecule has 1 aromatic carbocycles. The third-order valence-corrected chi connectivity index (χ3v) is 5.01. The molecule has 0 aliphatic heterocycles. The second kappa shape index (κ2) is 6.31. The van der Waals surface area contributed by atoms with Crippen molar-refractivity contribution in [3.63, 3.8) is 0 Å². The first-order valence-electron chi connectivity index (χ1n) is 7.17. The van der Waals surface area contributed by atoms with Gasteiger partial charge < -0.3 is 4.90 Å². The summed E-state index contributed by atoms with van der Waals surface area (Å²) in [7, 11) is 2.19. The number of benzene rings is 1. The van der Waals surface area contributed by atoms with Crippen LogP contribution < -0.4 is 4.90 Å². The monoisotopic (exact) mass is 284 g/mol. The zero-order valence-corrected chi connectivity index (χ0v) is 12.6. The van der Waals surface area contributed by atoms with Gasteiger partial charge in [0.2, 0.25) is 0 Å². The Hall–Kier alpha value is -1.48. The first kappa shape index (κ1) is 13.5. The largest absolute Gasteiger partial charge is 0.370 e. The lowest BCUT2D eigenvalue weighted by Gasteiger charge is -2.36. The van der Waals surface area contributed by atoms with Crippen LogP contribution in [0.5, 0.6) is 0 Å². The van der Waals surface area contributed by atoms with Gasteiger partial charge >= 0.3 is 0 Å². The Labute approximate surface area is 125 Å². The number of hydrogen-bond acceptors (Lipinski definition) is 3. The quantitative estimate of drug-likeness (QED) is 0.759. The summed E-state index contributed by atoms with van der Waals surface area (Å²) in [6.07, 6.45) is 7.94. The number of thioether (sulfide) groups is 1. The molecule has 0 unspecified atom stereocenters. The van der Waals surface area contributed by atoms with Crippen molar-refractivity contribution in [3.8, 4) is 0 Å². The Morgan fingerprint density at radius 1 is 1.20 bits per heavy atom. The third kappa shape index (κ3) is 3.15. The summed E-state index contributed by atoms with van der Waals surface area (Å²) >= 11 is 1.85. The van der Waals surface area contributed by atoms with E-state index in [1.165, 1.54) is 35.4 Å². The lowest BCUT2D eigenvalue weighted by atomic mass is 9.92. The van der Waals surface area contributed by atoms with E-state index in [0.717, 1.165) is 5.75 Å². The molecule has 0 radical (unpaired) electrons. The van der Waals surface area contributed by atoms with Crippen LogP contribution in [0.3, 0.4) is 0 Å². The van der Waals surface area contributed by atoms with E-state index in [0.29, 0.717) is 6.04 Å². The van der Waals surface area contributed by atoms with E-state index >= 15 is 0 Å². The summed E-state index contributed by atoms with van der Waals surface area (Å²) in [5.41, 5.74) is 2.60. The van der Waals surface area contributed by atoms with Crippen molar-refractivity contribution in [2.45, 2.75) is 36.0 Å². The van der Waals surface area contributed by atoms with Crippen molar-refractivity contribution in [2.24, 2.45) is 0 Å². The molecule has 20 heavy (non-hydrogen) atoms. The molecule has 1 aliphatic rings. The van der Waals surface area contributed by atoms with Crippen LogP contribution in [0, 0.1) is 0 Å². The van der Waals surface area contributed by atoms with Crippen LogP contribution in [-0.2, 0) is 5.75 Å². The number of hydrogen-bond donors (Lipinski definition) is 0. The van der Waals surface area contributed by atoms with Gasteiger partial charge in [0, 0.05) is 29.9 Å². The fraction of sp³-hybridized carbons (Fsp3) is 0.353. The molecule has 1 aromatic heterocycles. The van der Waals surface area contributed by atoms with Crippen LogP contribution >= 0.6 is 11.8 Å². The lowest BCUT2D eigenvalue weighted by molar-refractivity contribution is 0.401. The van der Waals surface area contributed by atoms with Crippen LogP contribution in [0.2, 0.25) is 0 Å². The highest BCUT2D eigenvalue weighted by molar-refractivity contribution is 7.98. The molecule has 2 aromatic rings. The molecular formula is C17H20N2S. The summed E-state index contributed by atoms with van der Waals surface area (Å²) in [6, 6.07) is 13.6. The summed E-state index contributed by atoms with van der Waals surface area (Å²) in [5, 5.41) is 0. The fourth-order valence-corrected chi connectivity index (χ4v) is 3.27. The zero-order chi connectivity index (χ0) is 13.8. The van der Waals surface area contributed by atoms with Gasteiger partial charge in [-0.2, -0.15) is 0 Å². The minimum atomic E-state index is 0.714. The van der Waals surface area contributed by atoms with Crippen molar-refractivity contribution in [2.75, 3.05) is 11.9 Å². The van der Waals surface area contributed by atoms with Gasteiger partial charge in [-0.25, -0.2) is 0 Å². The summed E-state index contributed by atoms with van der Waals surface area (Å²) in [6.45, 7) is 0. The van der Waals surface area contributed by atoms with Crippen LogP contribution in [0.25, 0.3) is 0 Å². The zero-order valence-electron chi connectivity index (χ0n) is 11.8. The predicted molar refractivity (Wildman–Crippen MR) is 86.3 cm³/mol. The highest BCUT2D eigenvalue weighted by Crippen LogP contribution is 2.30. The van der Waals surface area contributed by atoms with Crippen molar-refractivity contribution in [3.05, 3.63) is 54.4 Å². The maximum atomic E-state index is 4.40. The Bertz CT molecular complexity index is 552. The maximum absolute atomic E-state index is 4.40. The number of pyridine rings is 1. The van der Waals surface area contributed by atoms with Crippen molar-refractivity contribution in [1.29, 1.82) is 0 Å². The van der Waals surface area contributed by atoms with Crippen LogP contribution in [0.1, 0.15) is 24.8 Å². The number of rotatable bonds is 5. The fourth-order valence-electron chi connectivity index (χ4n) is 2.40. The van der Waals surface area contributed by atoms with E-state index in [-0.39, 0.29) is 0 Å². The van der Waals surface area contributed by atoms with Gasteiger partial charge in [0.1, 0.15) is 0 Å². The van der Waals surface area contributed by atoms with Crippen molar-refractivity contribution < 1.29 is 0 Å². The van der Waals surface area contributed by atoms with Crippen molar-refractivity contribution >= 4 is 17.4 Å². The number of nitrogens with zero attached hydrogens (tertiary/aromatic N) is 2. The molecule has 0 saturated heterocycles. The normalized spacial score (nSPS) is 14.8. The van der Waals surface area contributed by atoms with E-state index in [2.05, 4.69) is 53.3 Å². The second-order valence-corrected chi connectivity index (χ2v) is 6.40. The molecular weight excluding hydrogens is 264 g/mol. The van der Waals surface area contributed by atoms with Gasteiger partial charge in [-0.05, 0) is 30.9 Å². The average Bonchev–Trinajstić information content (AvgIpc) is 2.45. The molecule has 1 fully saturated rings. The van der Waals surface area contributed by atoms with Crippen LogP contribution in [-0.4, -0.2) is 18.1 Å². The minimum absolute atomic E-state index is 0.714. The van der Waals surface area contributed by atoms with E-state index in [1.54, 1.807) is 0 Å². The Morgan fingerprint density at radius 2 is 2.00 bits per heavy atom. The van der Waals surface area contributed by atoms with E-state index < -0.39 is 0 Å². The maximum Gasteiger partial charge on any atom is 0.0563 e. The molecule has 0 amide bonds. The average molecular weight is 284 g/mol. The molecule has 1 heterocycles. The molecule has 0 bridgehead atoms. The van der Waals surface area contributed by atoms with E-state index in [9.17, 15) is 0 Å². The Kier molecular flexibility index (Phi) is 4.26. The van der Waals surface area contributed by atoms with Gasteiger partial charge in [-0.15, -0.1) is 11.8 Å². The number of aromatic nitrogens is 1. The molecule has 104 valence electrons. The Morgan fingerprint density at radius 3 is 2.70 bits per heavy atom. The second-order valence-electron chi connectivity index (χ2n) is 5.35. The van der Waals surface area contributed by atoms with E-state index in [4.69, 9.17) is 0 Å². The third-order valence-electron chi connectivity index (χ3n) is 3.98. The highest BCUT2D eigenvalue weighted by atomic mass is 32.2. The topological polar surface area (TPSA) is 16.1 Å². The lowest BCUT2D eigenvalue weighted by Crippen LogP contribution is -2.37. The van der Waals surface area contributed by atoms with Crippen molar-refractivity contribution in [1.82, 2.24) is 4.98 Å². The first-order chi connectivity index (χ1) is 9.83. The van der Waals surface area contributed by atoms with Gasteiger partial charge in [0.25, 0.3) is 0 Å². The molecule has 0 N–H and O–H groups in total. The standard InChI is InChI=1S/C17H20N2S/c1-19(15-8-5-9-15)16-10-17(12-18-11-16)20-13-14-6-3-2-4-7-14/h2-4,6-7,10-12,15H,5,8-9,13H2,1H3.